The predicted molar refractivity (Wildman–Crippen MR) is 91.7 cm³/mol. The van der Waals surface area contributed by atoms with E-state index in [1.54, 1.807) is 0 Å². The van der Waals surface area contributed by atoms with E-state index in [4.69, 9.17) is 16.3 Å². The summed E-state index contributed by atoms with van der Waals surface area (Å²) in [4.78, 5) is 17.0. The van der Waals surface area contributed by atoms with Crippen LogP contribution in [0.5, 0.6) is 0 Å². The number of amides is 1. The van der Waals surface area contributed by atoms with Crippen LogP contribution in [0.25, 0.3) is 0 Å². The van der Waals surface area contributed by atoms with Gasteiger partial charge in [0.15, 0.2) is 0 Å². The summed E-state index contributed by atoms with van der Waals surface area (Å²) in [6, 6.07) is 8.07. The molecule has 4 nitrogen and oxygen atoms in total. The van der Waals surface area contributed by atoms with Crippen molar-refractivity contribution in [1.82, 2.24) is 9.80 Å². The number of halogens is 1. The zero-order valence-corrected chi connectivity index (χ0v) is 14.3. The summed E-state index contributed by atoms with van der Waals surface area (Å²) in [7, 11) is 0. The fourth-order valence-corrected chi connectivity index (χ4v) is 3.46. The number of ether oxygens (including phenoxy) is 1. The third kappa shape index (κ3) is 4.69. The number of benzene rings is 1. The zero-order valence-electron chi connectivity index (χ0n) is 13.5. The molecule has 0 bridgehead atoms. The van der Waals surface area contributed by atoms with Crippen LogP contribution in [0.15, 0.2) is 24.3 Å². The largest absolute Gasteiger partial charge is 0.381 e. The van der Waals surface area contributed by atoms with Crippen LogP contribution in [0.1, 0.15) is 18.4 Å². The van der Waals surface area contributed by atoms with E-state index in [0.717, 1.165) is 70.2 Å². The van der Waals surface area contributed by atoms with Crippen LogP contribution >= 0.6 is 11.6 Å². The first-order valence-electron chi connectivity index (χ1n) is 8.56. The maximum Gasteiger partial charge on any atom is 0.225 e. The molecule has 23 heavy (non-hydrogen) atoms. The summed E-state index contributed by atoms with van der Waals surface area (Å²) >= 11 is 5.91. The number of carbonyl (C=O) groups excluding carboxylic acids is 1. The highest BCUT2D eigenvalue weighted by Gasteiger charge is 2.28. The fraction of sp³-hybridized carbons (Fsp3) is 0.611. The number of nitrogens with zero attached hydrogens (tertiary/aromatic N) is 2. The van der Waals surface area contributed by atoms with E-state index in [0.29, 0.717) is 5.91 Å². The van der Waals surface area contributed by atoms with Gasteiger partial charge >= 0.3 is 0 Å². The molecule has 0 atom stereocenters. The first kappa shape index (κ1) is 16.7. The third-order valence-electron chi connectivity index (χ3n) is 4.88. The van der Waals surface area contributed by atoms with Gasteiger partial charge in [-0.15, -0.1) is 0 Å². The Labute approximate surface area is 143 Å². The van der Waals surface area contributed by atoms with Crippen LogP contribution in [0.2, 0.25) is 5.02 Å². The van der Waals surface area contributed by atoms with E-state index in [9.17, 15) is 4.79 Å². The SMILES string of the molecule is O=C(C1CCOCC1)N1CCN(CCc2ccc(Cl)cc2)CC1. The minimum absolute atomic E-state index is 0.185. The van der Waals surface area contributed by atoms with Gasteiger partial charge in [0.2, 0.25) is 5.91 Å². The summed E-state index contributed by atoms with van der Waals surface area (Å²) in [6.45, 7) is 6.18. The molecule has 2 aliphatic heterocycles. The second-order valence-electron chi connectivity index (χ2n) is 6.43. The minimum atomic E-state index is 0.185. The van der Waals surface area contributed by atoms with Crippen molar-refractivity contribution in [3.8, 4) is 0 Å². The highest BCUT2D eigenvalue weighted by Crippen LogP contribution is 2.19. The first-order valence-corrected chi connectivity index (χ1v) is 8.93. The molecule has 1 aromatic carbocycles. The van der Waals surface area contributed by atoms with Gasteiger partial charge in [0, 0.05) is 56.9 Å². The van der Waals surface area contributed by atoms with Crippen molar-refractivity contribution in [2.75, 3.05) is 45.9 Å². The average molecular weight is 337 g/mol. The van der Waals surface area contributed by atoms with Crippen LogP contribution in [0, 0.1) is 5.92 Å². The van der Waals surface area contributed by atoms with E-state index in [2.05, 4.69) is 21.9 Å². The molecule has 0 aliphatic carbocycles. The summed E-state index contributed by atoms with van der Waals surface area (Å²) in [5, 5.41) is 0.786. The molecule has 0 N–H and O–H groups in total. The molecule has 3 rings (SSSR count). The summed E-state index contributed by atoms with van der Waals surface area (Å²) in [6.07, 6.45) is 2.80. The van der Waals surface area contributed by atoms with Gasteiger partial charge in [-0.1, -0.05) is 23.7 Å². The quantitative estimate of drug-likeness (QED) is 0.846. The monoisotopic (exact) mass is 336 g/mol. The molecule has 0 spiro atoms. The van der Waals surface area contributed by atoms with Crippen molar-refractivity contribution >= 4 is 17.5 Å². The Balaban J connectivity index is 1.41. The summed E-state index contributed by atoms with van der Waals surface area (Å²) in [5.74, 6) is 0.523. The lowest BCUT2D eigenvalue weighted by Gasteiger charge is -2.37. The second kappa shape index (κ2) is 8.13. The Morgan fingerprint density at radius 2 is 1.74 bits per heavy atom. The molecule has 2 fully saturated rings. The first-order chi connectivity index (χ1) is 11.2. The Hall–Kier alpha value is -1.10. The van der Waals surface area contributed by atoms with E-state index >= 15 is 0 Å². The van der Waals surface area contributed by atoms with Crippen molar-refractivity contribution in [2.45, 2.75) is 19.3 Å². The van der Waals surface area contributed by atoms with Gasteiger partial charge < -0.3 is 9.64 Å². The standard InChI is InChI=1S/C18H25ClN2O2/c19-17-3-1-15(2-4-17)5-8-20-9-11-21(12-10-20)18(22)16-6-13-23-14-7-16/h1-4,16H,5-14H2. The smallest absolute Gasteiger partial charge is 0.225 e. The molecule has 126 valence electrons. The van der Waals surface area contributed by atoms with Gasteiger partial charge in [-0.3, -0.25) is 9.69 Å². The van der Waals surface area contributed by atoms with Gasteiger partial charge in [-0.25, -0.2) is 0 Å². The van der Waals surface area contributed by atoms with Gasteiger partial charge in [0.1, 0.15) is 0 Å². The third-order valence-corrected chi connectivity index (χ3v) is 5.14. The van der Waals surface area contributed by atoms with Gasteiger partial charge in [-0.2, -0.15) is 0 Å². The van der Waals surface area contributed by atoms with E-state index in [1.807, 2.05) is 12.1 Å². The average Bonchev–Trinajstić information content (AvgIpc) is 2.62. The van der Waals surface area contributed by atoms with Crippen molar-refractivity contribution in [1.29, 1.82) is 0 Å². The zero-order chi connectivity index (χ0) is 16.1. The molecule has 0 saturated carbocycles. The lowest BCUT2D eigenvalue weighted by molar-refractivity contribution is -0.140. The van der Waals surface area contributed by atoms with Gasteiger partial charge in [0.25, 0.3) is 0 Å². The highest BCUT2D eigenvalue weighted by atomic mass is 35.5. The lowest BCUT2D eigenvalue weighted by Crippen LogP contribution is -2.51. The predicted octanol–water partition coefficient (Wildman–Crippen LogP) is 2.45. The van der Waals surface area contributed by atoms with E-state index in [1.165, 1.54) is 5.56 Å². The normalized spacial score (nSPS) is 20.7. The lowest BCUT2D eigenvalue weighted by atomic mass is 9.98. The molecular formula is C18H25ClN2O2. The van der Waals surface area contributed by atoms with Gasteiger partial charge in [-0.05, 0) is 37.0 Å². The van der Waals surface area contributed by atoms with Crippen molar-refractivity contribution in [3.05, 3.63) is 34.9 Å². The van der Waals surface area contributed by atoms with Crippen molar-refractivity contribution in [3.63, 3.8) is 0 Å². The molecular weight excluding hydrogens is 312 g/mol. The number of hydrogen-bond acceptors (Lipinski definition) is 3. The van der Waals surface area contributed by atoms with Crippen molar-refractivity contribution in [2.24, 2.45) is 5.92 Å². The van der Waals surface area contributed by atoms with Crippen LogP contribution in [-0.4, -0.2) is 61.6 Å². The molecule has 1 amide bonds. The number of piperazine rings is 1. The Bertz CT molecular complexity index is 506. The molecule has 5 heteroatoms. The maximum absolute atomic E-state index is 12.5. The summed E-state index contributed by atoms with van der Waals surface area (Å²) < 4.78 is 5.35. The number of hydrogen-bond donors (Lipinski definition) is 0. The van der Waals surface area contributed by atoms with Crippen molar-refractivity contribution < 1.29 is 9.53 Å². The topological polar surface area (TPSA) is 32.8 Å². The van der Waals surface area contributed by atoms with Gasteiger partial charge in [0.05, 0.1) is 0 Å². The molecule has 0 aromatic heterocycles. The Morgan fingerprint density at radius 3 is 2.39 bits per heavy atom. The summed E-state index contributed by atoms with van der Waals surface area (Å²) in [5.41, 5.74) is 1.31. The molecule has 0 unspecified atom stereocenters. The number of carbonyl (C=O) groups is 1. The molecule has 0 radical (unpaired) electrons. The minimum Gasteiger partial charge on any atom is -0.381 e. The fourth-order valence-electron chi connectivity index (χ4n) is 3.33. The second-order valence-corrected chi connectivity index (χ2v) is 6.87. The highest BCUT2D eigenvalue weighted by molar-refractivity contribution is 6.30. The van der Waals surface area contributed by atoms with Crippen LogP contribution in [-0.2, 0) is 16.0 Å². The van der Waals surface area contributed by atoms with Crippen LogP contribution in [0.3, 0.4) is 0 Å². The maximum atomic E-state index is 12.5. The number of rotatable bonds is 4. The van der Waals surface area contributed by atoms with Crippen LogP contribution < -0.4 is 0 Å². The molecule has 1 aromatic rings. The van der Waals surface area contributed by atoms with Crippen LogP contribution in [0.4, 0.5) is 0 Å². The molecule has 2 heterocycles. The Kier molecular flexibility index (Phi) is 5.92. The molecule has 2 saturated heterocycles. The van der Waals surface area contributed by atoms with E-state index in [-0.39, 0.29) is 5.92 Å². The van der Waals surface area contributed by atoms with E-state index < -0.39 is 0 Å². The molecule has 2 aliphatic rings. The Morgan fingerprint density at radius 1 is 1.09 bits per heavy atom.